The molecule has 62 heavy (non-hydrogen) atoms. The Balaban J connectivity index is 1.46. The summed E-state index contributed by atoms with van der Waals surface area (Å²) in [7, 11) is -4.33. The molecule has 322 valence electrons. The van der Waals surface area contributed by atoms with Gasteiger partial charge in [0.05, 0.1) is 0 Å². The van der Waals surface area contributed by atoms with E-state index in [0.29, 0.717) is 51.7 Å². The quantitative estimate of drug-likeness (QED) is 0.0721. The second-order valence-corrected chi connectivity index (χ2v) is 18.1. The molecule has 0 unspecified atom stereocenters. The molecule has 1 heterocycles. The topological polar surface area (TPSA) is 137 Å². The van der Waals surface area contributed by atoms with Crippen molar-refractivity contribution in [2.24, 2.45) is 0 Å². The molecule has 0 fully saturated rings. The van der Waals surface area contributed by atoms with E-state index in [1.54, 1.807) is 115 Å². The molecule has 1 aromatic heterocycles. The Labute approximate surface area is 363 Å². The highest BCUT2D eigenvalue weighted by molar-refractivity contribution is 7.87. The third-order valence-corrected chi connectivity index (χ3v) is 10.5. The van der Waals surface area contributed by atoms with E-state index in [-0.39, 0.29) is 23.9 Å². The predicted molar refractivity (Wildman–Crippen MR) is 238 cm³/mol. The zero-order chi connectivity index (χ0) is 44.7. The van der Waals surface area contributed by atoms with Crippen LogP contribution in [0.25, 0.3) is 33.4 Å². The number of carbonyl (C=O) groups is 2. The summed E-state index contributed by atoms with van der Waals surface area (Å²) in [5, 5.41) is 0. The van der Waals surface area contributed by atoms with Gasteiger partial charge in [0, 0.05) is 23.5 Å². The molecule has 0 saturated heterocycles. The molecular formula is C50H51NO10S. The maximum Gasteiger partial charge on any atom is 0.344 e. The molecule has 0 spiro atoms. The normalized spacial score (nSPS) is 11.7. The van der Waals surface area contributed by atoms with Gasteiger partial charge in [0.15, 0.2) is 19.0 Å². The largest absolute Gasteiger partial charge is 0.489 e. The Morgan fingerprint density at radius 1 is 0.565 bits per heavy atom. The zero-order valence-electron chi connectivity index (χ0n) is 36.2. The SMILES string of the molecule is Cc1ccc(S(=O)(=O)Oc2ccc(-c3ccc(OCC(=O)OC(C)(C)C)cc3)c(-c3ccc(OCC(=O)OC(C)(C)C)cc3)c2-c2ccc(OCc3ccncc3)cc2)c(C)c1. The summed E-state index contributed by atoms with van der Waals surface area (Å²) >= 11 is 0. The molecule has 5 aromatic carbocycles. The first-order valence-corrected chi connectivity index (χ1v) is 21.5. The first-order valence-electron chi connectivity index (χ1n) is 20.0. The van der Waals surface area contributed by atoms with Crippen LogP contribution in [0.2, 0.25) is 0 Å². The van der Waals surface area contributed by atoms with E-state index in [4.69, 9.17) is 27.9 Å². The van der Waals surface area contributed by atoms with E-state index in [1.165, 1.54) is 0 Å². The van der Waals surface area contributed by atoms with Crippen molar-refractivity contribution in [1.29, 1.82) is 0 Å². The summed E-state index contributed by atoms with van der Waals surface area (Å²) in [6, 6.07) is 34.0. The van der Waals surface area contributed by atoms with Gasteiger partial charge in [-0.25, -0.2) is 9.59 Å². The summed E-state index contributed by atoms with van der Waals surface area (Å²) in [6.45, 7) is 14.1. The van der Waals surface area contributed by atoms with Crippen LogP contribution in [0.3, 0.4) is 0 Å². The number of aryl methyl sites for hydroxylation is 2. The van der Waals surface area contributed by atoms with Crippen molar-refractivity contribution < 1.29 is 45.9 Å². The first-order chi connectivity index (χ1) is 29.3. The molecule has 12 heteroatoms. The molecule has 0 N–H and O–H groups in total. The number of nitrogens with zero attached hydrogens (tertiary/aromatic N) is 1. The summed E-state index contributed by atoms with van der Waals surface area (Å²) < 4.78 is 62.8. The van der Waals surface area contributed by atoms with Gasteiger partial charge in [-0.1, -0.05) is 54.1 Å². The van der Waals surface area contributed by atoms with Crippen molar-refractivity contribution in [1.82, 2.24) is 4.98 Å². The molecule has 0 bridgehead atoms. The number of ether oxygens (including phenoxy) is 5. The molecule has 0 saturated carbocycles. The van der Waals surface area contributed by atoms with Crippen LogP contribution in [0.15, 0.2) is 133 Å². The van der Waals surface area contributed by atoms with Crippen molar-refractivity contribution in [2.75, 3.05) is 13.2 Å². The Hall–Kier alpha value is -6.66. The highest BCUT2D eigenvalue weighted by Crippen LogP contribution is 2.47. The first kappa shape index (κ1) is 44.9. The average Bonchev–Trinajstić information content (AvgIpc) is 3.21. The fourth-order valence-corrected chi connectivity index (χ4v) is 7.71. The summed E-state index contributed by atoms with van der Waals surface area (Å²) in [5.41, 5.74) is 5.07. The van der Waals surface area contributed by atoms with Gasteiger partial charge >= 0.3 is 22.1 Å². The molecule has 0 aliphatic heterocycles. The van der Waals surface area contributed by atoms with E-state index in [9.17, 15) is 18.0 Å². The Morgan fingerprint density at radius 3 is 1.55 bits per heavy atom. The number of benzene rings is 5. The lowest BCUT2D eigenvalue weighted by atomic mass is 9.87. The molecule has 0 amide bonds. The number of carbonyl (C=O) groups excluding carboxylic acids is 2. The molecule has 6 rings (SSSR count). The third kappa shape index (κ3) is 12.2. The van der Waals surface area contributed by atoms with Crippen LogP contribution < -0.4 is 18.4 Å². The van der Waals surface area contributed by atoms with Crippen LogP contribution in [0.1, 0.15) is 58.2 Å². The minimum Gasteiger partial charge on any atom is -0.489 e. The van der Waals surface area contributed by atoms with Crippen LogP contribution in [0.4, 0.5) is 0 Å². The molecule has 0 atom stereocenters. The lowest BCUT2D eigenvalue weighted by molar-refractivity contribution is -0.158. The van der Waals surface area contributed by atoms with Crippen molar-refractivity contribution in [3.05, 3.63) is 144 Å². The van der Waals surface area contributed by atoms with Crippen LogP contribution in [0.5, 0.6) is 23.0 Å². The number of esters is 2. The molecule has 6 aromatic rings. The molecule has 0 aliphatic rings. The molecule has 0 aliphatic carbocycles. The Kier molecular flexibility index (Phi) is 13.7. The lowest BCUT2D eigenvalue weighted by Crippen LogP contribution is -2.27. The summed E-state index contributed by atoms with van der Waals surface area (Å²) in [6.07, 6.45) is 3.41. The Bertz CT molecular complexity index is 2610. The van der Waals surface area contributed by atoms with Gasteiger partial charge in [-0.2, -0.15) is 8.42 Å². The van der Waals surface area contributed by atoms with Gasteiger partial charge in [-0.3, -0.25) is 4.98 Å². The van der Waals surface area contributed by atoms with Crippen LogP contribution in [-0.2, 0) is 35.8 Å². The zero-order valence-corrected chi connectivity index (χ0v) is 37.0. The number of aromatic nitrogens is 1. The van der Waals surface area contributed by atoms with E-state index in [1.807, 2.05) is 67.6 Å². The minimum atomic E-state index is -4.33. The van der Waals surface area contributed by atoms with Gasteiger partial charge in [0.2, 0.25) is 0 Å². The Morgan fingerprint density at radius 2 is 1.05 bits per heavy atom. The third-order valence-electron chi connectivity index (χ3n) is 9.13. The maximum absolute atomic E-state index is 14.1. The van der Waals surface area contributed by atoms with Crippen LogP contribution >= 0.6 is 0 Å². The number of rotatable bonds is 15. The highest BCUT2D eigenvalue weighted by Gasteiger charge is 2.26. The van der Waals surface area contributed by atoms with Crippen molar-refractivity contribution in [3.8, 4) is 56.4 Å². The van der Waals surface area contributed by atoms with E-state index >= 15 is 0 Å². The van der Waals surface area contributed by atoms with Gasteiger partial charge < -0.3 is 27.9 Å². The van der Waals surface area contributed by atoms with E-state index < -0.39 is 33.3 Å². The fourth-order valence-electron chi connectivity index (χ4n) is 6.56. The number of hydrogen-bond acceptors (Lipinski definition) is 11. The van der Waals surface area contributed by atoms with Crippen molar-refractivity contribution >= 4 is 22.1 Å². The standard InChI is InChI=1S/C50H51NO10S/c1-33-9-24-44(34(2)29-33)62(54,55)61-43-23-22-42(36-10-16-40(17-11-36)57-31-45(52)59-49(3,4)5)47(37-12-18-41(19-13-37)58-32-46(53)60-50(6,7)8)48(43)38-14-20-39(21-15-38)56-30-35-25-27-51-28-26-35/h9-29H,30-32H2,1-8H3. The van der Waals surface area contributed by atoms with Gasteiger partial charge in [-0.05, 0) is 156 Å². The molecular weight excluding hydrogens is 807 g/mol. The molecule has 11 nitrogen and oxygen atoms in total. The van der Waals surface area contributed by atoms with Gasteiger partial charge in [0.1, 0.15) is 40.0 Å². The van der Waals surface area contributed by atoms with Gasteiger partial charge in [-0.15, -0.1) is 0 Å². The smallest absolute Gasteiger partial charge is 0.344 e. The second kappa shape index (κ2) is 18.9. The lowest BCUT2D eigenvalue weighted by Gasteiger charge is -2.21. The van der Waals surface area contributed by atoms with E-state index in [2.05, 4.69) is 4.98 Å². The fraction of sp³-hybridized carbons (Fsp3) is 0.260. The number of hydrogen-bond donors (Lipinski definition) is 0. The highest BCUT2D eigenvalue weighted by atomic mass is 32.2. The van der Waals surface area contributed by atoms with Crippen LogP contribution in [-0.4, -0.2) is 49.8 Å². The monoisotopic (exact) mass is 857 g/mol. The maximum atomic E-state index is 14.1. The predicted octanol–water partition coefficient (Wildman–Crippen LogP) is 10.5. The van der Waals surface area contributed by atoms with Gasteiger partial charge in [0.25, 0.3) is 0 Å². The van der Waals surface area contributed by atoms with Crippen LogP contribution in [0, 0.1) is 13.8 Å². The molecule has 0 radical (unpaired) electrons. The van der Waals surface area contributed by atoms with Crippen molar-refractivity contribution in [2.45, 2.75) is 78.1 Å². The minimum absolute atomic E-state index is 0.0491. The van der Waals surface area contributed by atoms with Crippen molar-refractivity contribution in [3.63, 3.8) is 0 Å². The summed E-state index contributed by atoms with van der Waals surface area (Å²) in [4.78, 5) is 29.0. The number of pyridine rings is 1. The second-order valence-electron chi connectivity index (χ2n) is 16.6. The van der Waals surface area contributed by atoms with E-state index in [0.717, 1.165) is 22.3 Å². The summed E-state index contributed by atoms with van der Waals surface area (Å²) in [5.74, 6) is 0.572. The average molecular weight is 858 g/mol.